The molecule has 140 valence electrons. The smallest absolute Gasteiger partial charge is 0.271 e. The number of hydrogen-bond acceptors (Lipinski definition) is 3. The molecule has 1 amide bonds. The summed E-state index contributed by atoms with van der Waals surface area (Å²) in [5.74, 6) is -0.0931. The molecule has 0 aliphatic heterocycles. The van der Waals surface area contributed by atoms with Gasteiger partial charge < -0.3 is 14.6 Å². The summed E-state index contributed by atoms with van der Waals surface area (Å²) in [7, 11) is 1.90. The third kappa shape index (κ3) is 4.09. The third-order valence-electron chi connectivity index (χ3n) is 4.87. The molecule has 0 bridgehead atoms. The lowest BCUT2D eigenvalue weighted by Gasteiger charge is -2.30. The highest BCUT2D eigenvalue weighted by Gasteiger charge is 2.26. The van der Waals surface area contributed by atoms with Gasteiger partial charge >= 0.3 is 0 Å². The number of aliphatic hydroxyl groups is 1. The Bertz CT molecular complexity index is 871. The first-order valence-corrected chi connectivity index (χ1v) is 9.17. The molecule has 1 unspecified atom stereocenters. The molecule has 0 saturated heterocycles. The van der Waals surface area contributed by atoms with Crippen molar-refractivity contribution in [3.05, 3.63) is 78.2 Å². The standard InChI is InChI=1S/C22H25N3O2/c1-3-19(16-26)25(15-17-8-7-13-23-14-17)22(27)21-12-11-20(24(21)2)18-9-5-4-6-10-18/h4-14,19,26H,3,15-16H2,1-2H3. The molecule has 0 radical (unpaired) electrons. The third-order valence-corrected chi connectivity index (χ3v) is 4.87. The van der Waals surface area contributed by atoms with Crippen molar-refractivity contribution in [3.8, 4) is 11.3 Å². The van der Waals surface area contributed by atoms with Crippen molar-refractivity contribution < 1.29 is 9.90 Å². The molecule has 0 fully saturated rings. The van der Waals surface area contributed by atoms with Crippen molar-refractivity contribution in [2.45, 2.75) is 25.9 Å². The van der Waals surface area contributed by atoms with E-state index in [0.29, 0.717) is 18.7 Å². The van der Waals surface area contributed by atoms with Crippen molar-refractivity contribution in [3.63, 3.8) is 0 Å². The number of carbonyl (C=O) groups is 1. The Hall–Kier alpha value is -2.92. The first kappa shape index (κ1) is 18.9. The summed E-state index contributed by atoms with van der Waals surface area (Å²) < 4.78 is 1.91. The molecule has 0 saturated carbocycles. The maximum absolute atomic E-state index is 13.3. The van der Waals surface area contributed by atoms with Crippen LogP contribution in [0.25, 0.3) is 11.3 Å². The monoisotopic (exact) mass is 363 g/mol. The van der Waals surface area contributed by atoms with Gasteiger partial charge in [0.2, 0.25) is 0 Å². The lowest BCUT2D eigenvalue weighted by atomic mass is 10.1. The number of nitrogens with zero attached hydrogens (tertiary/aromatic N) is 3. The SMILES string of the molecule is CCC(CO)N(Cc1cccnc1)C(=O)c1ccc(-c2ccccc2)n1C. The molecule has 5 nitrogen and oxygen atoms in total. The van der Waals surface area contributed by atoms with Crippen LogP contribution >= 0.6 is 0 Å². The highest BCUT2D eigenvalue weighted by molar-refractivity contribution is 5.94. The van der Waals surface area contributed by atoms with Crippen LogP contribution in [0.4, 0.5) is 0 Å². The summed E-state index contributed by atoms with van der Waals surface area (Å²) in [4.78, 5) is 19.2. The van der Waals surface area contributed by atoms with Gasteiger partial charge in [-0.3, -0.25) is 9.78 Å². The van der Waals surface area contributed by atoms with Crippen molar-refractivity contribution in [2.24, 2.45) is 7.05 Å². The van der Waals surface area contributed by atoms with Crippen molar-refractivity contribution >= 4 is 5.91 Å². The minimum absolute atomic E-state index is 0.0710. The van der Waals surface area contributed by atoms with Crippen LogP contribution in [0.5, 0.6) is 0 Å². The molecule has 27 heavy (non-hydrogen) atoms. The van der Waals surface area contributed by atoms with Crippen LogP contribution < -0.4 is 0 Å². The summed E-state index contributed by atoms with van der Waals surface area (Å²) in [5.41, 5.74) is 3.59. The topological polar surface area (TPSA) is 58.4 Å². The maximum Gasteiger partial charge on any atom is 0.271 e. The molecule has 3 aromatic rings. The molecule has 3 rings (SSSR count). The summed E-state index contributed by atoms with van der Waals surface area (Å²) in [5, 5.41) is 9.81. The van der Waals surface area contributed by atoms with Gasteiger partial charge in [-0.05, 0) is 35.7 Å². The molecule has 1 atom stereocenters. The van der Waals surface area contributed by atoms with E-state index in [4.69, 9.17) is 0 Å². The molecule has 0 spiro atoms. The summed E-state index contributed by atoms with van der Waals surface area (Å²) in [6, 6.07) is 17.4. The van der Waals surface area contributed by atoms with Crippen molar-refractivity contribution in [2.75, 3.05) is 6.61 Å². The zero-order valence-corrected chi connectivity index (χ0v) is 15.7. The fraction of sp³-hybridized carbons (Fsp3) is 0.273. The maximum atomic E-state index is 13.3. The van der Waals surface area contributed by atoms with Crippen LogP contribution in [0, 0.1) is 0 Å². The number of amides is 1. The minimum Gasteiger partial charge on any atom is -0.394 e. The normalized spacial score (nSPS) is 12.0. The van der Waals surface area contributed by atoms with Gasteiger partial charge in [0, 0.05) is 31.7 Å². The van der Waals surface area contributed by atoms with Crippen LogP contribution in [0.1, 0.15) is 29.4 Å². The Morgan fingerprint density at radius 3 is 2.56 bits per heavy atom. The number of carbonyl (C=O) groups excluding carboxylic acids is 1. The Morgan fingerprint density at radius 2 is 1.93 bits per heavy atom. The van der Waals surface area contributed by atoms with Gasteiger partial charge in [0.15, 0.2) is 0 Å². The van der Waals surface area contributed by atoms with Crippen molar-refractivity contribution in [1.29, 1.82) is 0 Å². The van der Waals surface area contributed by atoms with E-state index < -0.39 is 0 Å². The summed E-state index contributed by atoms with van der Waals surface area (Å²) in [6.07, 6.45) is 4.14. The largest absolute Gasteiger partial charge is 0.394 e. The number of aliphatic hydroxyl groups excluding tert-OH is 1. The zero-order valence-electron chi connectivity index (χ0n) is 15.7. The van der Waals surface area contributed by atoms with Gasteiger partial charge in [0.1, 0.15) is 5.69 Å². The second kappa shape index (κ2) is 8.64. The Kier molecular flexibility index (Phi) is 6.04. The predicted octanol–water partition coefficient (Wildman–Crippen LogP) is 3.50. The number of pyridine rings is 1. The molecular weight excluding hydrogens is 338 g/mol. The van der Waals surface area contributed by atoms with Gasteiger partial charge in [-0.2, -0.15) is 0 Å². The van der Waals surface area contributed by atoms with E-state index in [1.165, 1.54) is 0 Å². The van der Waals surface area contributed by atoms with Gasteiger partial charge in [0.25, 0.3) is 5.91 Å². The van der Waals surface area contributed by atoms with Crippen molar-refractivity contribution in [1.82, 2.24) is 14.5 Å². The van der Waals surface area contributed by atoms with Gasteiger partial charge in [0.05, 0.1) is 12.6 Å². The summed E-state index contributed by atoms with van der Waals surface area (Å²) >= 11 is 0. The Morgan fingerprint density at radius 1 is 1.15 bits per heavy atom. The van der Waals surface area contributed by atoms with Gasteiger partial charge in [-0.15, -0.1) is 0 Å². The van der Waals surface area contributed by atoms with E-state index in [2.05, 4.69) is 4.98 Å². The first-order chi connectivity index (χ1) is 13.2. The minimum atomic E-state index is -0.243. The fourth-order valence-corrected chi connectivity index (χ4v) is 3.28. The van der Waals surface area contributed by atoms with E-state index in [-0.39, 0.29) is 18.6 Å². The molecule has 1 aromatic carbocycles. The zero-order chi connectivity index (χ0) is 19.2. The Labute approximate surface area is 159 Å². The van der Waals surface area contributed by atoms with Gasteiger partial charge in [-0.25, -0.2) is 0 Å². The highest BCUT2D eigenvalue weighted by Crippen LogP contribution is 2.23. The van der Waals surface area contributed by atoms with Gasteiger partial charge in [-0.1, -0.05) is 43.3 Å². The molecule has 5 heteroatoms. The van der Waals surface area contributed by atoms with E-state index in [1.807, 2.05) is 73.1 Å². The molecular formula is C22H25N3O2. The number of benzene rings is 1. The van der Waals surface area contributed by atoms with E-state index >= 15 is 0 Å². The van der Waals surface area contributed by atoms with Crippen LogP contribution in [-0.2, 0) is 13.6 Å². The molecule has 2 aromatic heterocycles. The number of aromatic nitrogens is 2. The quantitative estimate of drug-likeness (QED) is 0.699. The molecule has 0 aliphatic carbocycles. The van der Waals surface area contributed by atoms with Crippen LogP contribution in [0.3, 0.4) is 0 Å². The highest BCUT2D eigenvalue weighted by atomic mass is 16.3. The molecule has 2 heterocycles. The average Bonchev–Trinajstić information content (AvgIpc) is 3.10. The lowest BCUT2D eigenvalue weighted by Crippen LogP contribution is -2.42. The number of hydrogen-bond donors (Lipinski definition) is 1. The number of rotatable bonds is 7. The van der Waals surface area contributed by atoms with Crippen LogP contribution in [0.2, 0.25) is 0 Å². The average molecular weight is 363 g/mol. The first-order valence-electron chi connectivity index (χ1n) is 9.17. The molecule has 0 aliphatic rings. The Balaban J connectivity index is 1.93. The second-order valence-corrected chi connectivity index (χ2v) is 6.57. The molecule has 1 N–H and O–H groups in total. The lowest BCUT2D eigenvalue weighted by molar-refractivity contribution is 0.0554. The van der Waals surface area contributed by atoms with E-state index in [1.54, 1.807) is 17.3 Å². The van der Waals surface area contributed by atoms with Crippen LogP contribution in [0.15, 0.2) is 67.0 Å². The fourth-order valence-electron chi connectivity index (χ4n) is 3.28. The van der Waals surface area contributed by atoms with Crippen LogP contribution in [-0.4, -0.2) is 38.1 Å². The summed E-state index contributed by atoms with van der Waals surface area (Å²) in [6.45, 7) is 2.32. The van der Waals surface area contributed by atoms with E-state index in [9.17, 15) is 9.90 Å². The predicted molar refractivity (Wildman–Crippen MR) is 106 cm³/mol. The second-order valence-electron chi connectivity index (χ2n) is 6.57. The van der Waals surface area contributed by atoms with E-state index in [0.717, 1.165) is 16.8 Å².